The van der Waals surface area contributed by atoms with Crippen LogP contribution in [-0.4, -0.2) is 108 Å². The normalized spacial score (nSPS) is 20.0. The fraction of sp³-hybridized carbons (Fsp3) is 0.484. The summed E-state index contributed by atoms with van der Waals surface area (Å²) in [7, 11) is -4.30. The molecule has 240 valence electrons. The number of aliphatic hydroxyl groups excluding tert-OH is 1. The Morgan fingerprint density at radius 1 is 1.02 bits per heavy atom. The van der Waals surface area contributed by atoms with Gasteiger partial charge in [-0.15, -0.1) is 0 Å². The molecule has 2 aliphatic heterocycles. The van der Waals surface area contributed by atoms with Gasteiger partial charge in [0.25, 0.3) is 0 Å². The summed E-state index contributed by atoms with van der Waals surface area (Å²) in [5.74, 6) is 0.346. The molecule has 0 amide bonds. The molecule has 11 nitrogen and oxygen atoms in total. The fourth-order valence-electron chi connectivity index (χ4n) is 5.73. The molecule has 13 heteroatoms. The minimum Gasteiger partial charge on any atom is -0.491 e. The standard InChI is InChI=1S/C31H41N3O8S2/c1-33(16-17-40-2)43(36,37)29-9-5-8-28(19-29)41-23-27(35)21-32-26-20-31(42-22-26)12-14-34(15-13-31)44(38,39)30-11-10-24-6-3-4-7-25(24)18-30/h3-11,18-19,26-27,32,35H,12-17,20-23H2,1-2H3. The number of sulfonamides is 2. The van der Waals surface area contributed by atoms with Gasteiger partial charge in [-0.2, -0.15) is 8.61 Å². The van der Waals surface area contributed by atoms with Crippen LogP contribution in [0.5, 0.6) is 5.75 Å². The van der Waals surface area contributed by atoms with E-state index < -0.39 is 31.8 Å². The van der Waals surface area contributed by atoms with Crippen LogP contribution < -0.4 is 10.1 Å². The van der Waals surface area contributed by atoms with Crippen molar-refractivity contribution in [2.75, 3.05) is 60.2 Å². The van der Waals surface area contributed by atoms with Crippen LogP contribution in [0.15, 0.2) is 76.5 Å². The van der Waals surface area contributed by atoms with Gasteiger partial charge < -0.3 is 24.6 Å². The Bertz CT molecular complexity index is 1640. The van der Waals surface area contributed by atoms with Gasteiger partial charge in [0.1, 0.15) is 18.5 Å². The van der Waals surface area contributed by atoms with Crippen LogP contribution in [0.25, 0.3) is 10.8 Å². The summed E-state index contributed by atoms with van der Waals surface area (Å²) in [5.41, 5.74) is -0.392. The monoisotopic (exact) mass is 647 g/mol. The van der Waals surface area contributed by atoms with E-state index in [1.54, 1.807) is 28.6 Å². The van der Waals surface area contributed by atoms with Crippen molar-refractivity contribution in [3.05, 3.63) is 66.7 Å². The number of piperidine rings is 1. The maximum absolute atomic E-state index is 13.4. The van der Waals surface area contributed by atoms with Crippen molar-refractivity contribution in [2.45, 2.75) is 46.8 Å². The van der Waals surface area contributed by atoms with Gasteiger partial charge in [0.05, 0.1) is 28.6 Å². The predicted octanol–water partition coefficient (Wildman–Crippen LogP) is 2.45. The van der Waals surface area contributed by atoms with Crippen molar-refractivity contribution in [1.82, 2.24) is 13.9 Å². The minimum atomic E-state index is -3.69. The molecule has 0 saturated carbocycles. The van der Waals surface area contributed by atoms with Crippen LogP contribution in [0.1, 0.15) is 19.3 Å². The van der Waals surface area contributed by atoms with Gasteiger partial charge in [-0.25, -0.2) is 16.8 Å². The number of hydrogen-bond donors (Lipinski definition) is 2. The van der Waals surface area contributed by atoms with Gasteiger partial charge in [-0.05, 0) is 54.3 Å². The third-order valence-corrected chi connectivity index (χ3v) is 12.2. The van der Waals surface area contributed by atoms with E-state index in [9.17, 15) is 21.9 Å². The molecule has 0 radical (unpaired) electrons. The van der Waals surface area contributed by atoms with Crippen molar-refractivity contribution in [3.8, 4) is 5.75 Å². The van der Waals surface area contributed by atoms with Gasteiger partial charge in [-0.3, -0.25) is 0 Å². The van der Waals surface area contributed by atoms with E-state index in [-0.39, 0.29) is 37.2 Å². The molecule has 2 saturated heterocycles. The van der Waals surface area contributed by atoms with Crippen LogP contribution in [0.4, 0.5) is 0 Å². The van der Waals surface area contributed by atoms with Crippen LogP contribution in [0.2, 0.25) is 0 Å². The smallest absolute Gasteiger partial charge is 0.243 e. The van der Waals surface area contributed by atoms with Gasteiger partial charge >= 0.3 is 0 Å². The Morgan fingerprint density at radius 2 is 1.77 bits per heavy atom. The second-order valence-corrected chi connectivity index (χ2v) is 15.5. The zero-order valence-corrected chi connectivity index (χ0v) is 26.7. The molecule has 3 aromatic rings. The van der Waals surface area contributed by atoms with Crippen LogP contribution in [0, 0.1) is 0 Å². The number of rotatable bonds is 13. The first-order valence-electron chi connectivity index (χ1n) is 14.7. The van der Waals surface area contributed by atoms with Crippen LogP contribution >= 0.6 is 0 Å². The molecule has 0 aromatic heterocycles. The number of fused-ring (bicyclic) bond motifs is 1. The lowest BCUT2D eigenvalue weighted by Crippen LogP contribution is -2.47. The van der Waals surface area contributed by atoms with Crippen molar-refractivity contribution >= 4 is 30.8 Å². The van der Waals surface area contributed by atoms with E-state index in [0.29, 0.717) is 43.2 Å². The number of aliphatic hydroxyl groups is 1. The molecule has 2 aliphatic rings. The highest BCUT2D eigenvalue weighted by Crippen LogP contribution is 2.37. The van der Waals surface area contributed by atoms with Crippen molar-refractivity contribution in [2.24, 2.45) is 0 Å². The molecule has 44 heavy (non-hydrogen) atoms. The molecule has 2 heterocycles. The quantitative estimate of drug-likeness (QED) is 0.287. The van der Waals surface area contributed by atoms with Crippen LogP contribution in [-0.2, 0) is 29.5 Å². The molecule has 2 atom stereocenters. The molecule has 0 bridgehead atoms. The molecule has 0 aliphatic carbocycles. The van der Waals surface area contributed by atoms with Crippen molar-refractivity contribution in [3.63, 3.8) is 0 Å². The Hall–Kier alpha value is -2.62. The summed E-state index contributed by atoms with van der Waals surface area (Å²) in [6.45, 7) is 2.00. The summed E-state index contributed by atoms with van der Waals surface area (Å²) in [6.07, 6.45) is 1.10. The maximum atomic E-state index is 13.4. The summed E-state index contributed by atoms with van der Waals surface area (Å²) >= 11 is 0. The molecule has 1 spiro atoms. The number of likely N-dealkylation sites (N-methyl/N-ethyl adjacent to an activating group) is 1. The number of nitrogens with one attached hydrogen (secondary N) is 1. The lowest BCUT2D eigenvalue weighted by Gasteiger charge is -2.38. The van der Waals surface area contributed by atoms with E-state index in [0.717, 1.165) is 17.2 Å². The Balaban J connectivity index is 1.08. The highest BCUT2D eigenvalue weighted by molar-refractivity contribution is 7.89. The highest BCUT2D eigenvalue weighted by Gasteiger charge is 2.44. The van der Waals surface area contributed by atoms with E-state index in [2.05, 4.69) is 5.32 Å². The first-order chi connectivity index (χ1) is 21.0. The lowest BCUT2D eigenvalue weighted by molar-refractivity contribution is -0.0312. The number of benzene rings is 3. The van der Waals surface area contributed by atoms with Gasteiger partial charge in [0.15, 0.2) is 0 Å². The molecule has 2 fully saturated rings. The van der Waals surface area contributed by atoms with Crippen LogP contribution in [0.3, 0.4) is 0 Å². The second-order valence-electron chi connectivity index (χ2n) is 11.5. The Kier molecular flexibility index (Phi) is 10.3. The molecule has 2 unspecified atom stereocenters. The molecule has 3 aromatic carbocycles. The topological polar surface area (TPSA) is 135 Å². The average molecular weight is 648 g/mol. The second kappa shape index (κ2) is 13.8. The third-order valence-electron chi connectivity index (χ3n) is 8.41. The minimum absolute atomic E-state index is 0.0175. The largest absolute Gasteiger partial charge is 0.491 e. The maximum Gasteiger partial charge on any atom is 0.243 e. The number of ether oxygens (including phenoxy) is 3. The number of methoxy groups -OCH3 is 1. The molecule has 5 rings (SSSR count). The number of hydrogen-bond acceptors (Lipinski definition) is 9. The SMILES string of the molecule is COCCN(C)S(=O)(=O)c1cccc(OCC(O)CNC2COC3(CCN(S(=O)(=O)c4ccc5ccccc5c4)CC3)C2)c1. The zero-order valence-electron chi connectivity index (χ0n) is 25.1. The Morgan fingerprint density at radius 3 is 2.52 bits per heavy atom. The lowest BCUT2D eigenvalue weighted by atomic mass is 9.88. The molecule has 2 N–H and O–H groups in total. The number of nitrogens with zero attached hydrogens (tertiary/aromatic N) is 2. The van der Waals surface area contributed by atoms with E-state index in [4.69, 9.17) is 14.2 Å². The van der Waals surface area contributed by atoms with E-state index in [1.165, 1.54) is 30.6 Å². The first kappa shape index (κ1) is 32.8. The summed E-state index contributed by atoms with van der Waals surface area (Å²) < 4.78 is 72.0. The third kappa shape index (κ3) is 7.43. The molecular formula is C31H41N3O8S2. The summed E-state index contributed by atoms with van der Waals surface area (Å²) in [5, 5.41) is 15.8. The van der Waals surface area contributed by atoms with Crippen molar-refractivity contribution < 1.29 is 36.2 Å². The summed E-state index contributed by atoms with van der Waals surface area (Å²) in [4.78, 5) is 0.406. The highest BCUT2D eigenvalue weighted by atomic mass is 32.2. The zero-order chi connectivity index (χ0) is 31.4. The fourth-order valence-corrected chi connectivity index (χ4v) is 8.40. The Labute approximate surface area is 259 Å². The molecular weight excluding hydrogens is 606 g/mol. The van der Waals surface area contributed by atoms with Gasteiger partial charge in [-0.1, -0.05) is 36.4 Å². The van der Waals surface area contributed by atoms with Gasteiger partial charge in [0.2, 0.25) is 20.0 Å². The van der Waals surface area contributed by atoms with Crippen molar-refractivity contribution in [1.29, 1.82) is 0 Å². The predicted molar refractivity (Wildman–Crippen MR) is 167 cm³/mol. The van der Waals surface area contributed by atoms with Gasteiger partial charge in [0, 0.05) is 52.4 Å². The first-order valence-corrected chi connectivity index (χ1v) is 17.6. The summed E-state index contributed by atoms with van der Waals surface area (Å²) in [6, 6.07) is 19.2. The van der Waals surface area contributed by atoms with E-state index in [1.807, 2.05) is 30.3 Å². The average Bonchev–Trinajstić information content (AvgIpc) is 3.43. The van der Waals surface area contributed by atoms with E-state index >= 15 is 0 Å².